The molecule has 6 nitrogen and oxygen atoms in total. The molecule has 1 aromatic carbocycles. The van der Waals surface area contributed by atoms with Gasteiger partial charge in [0.25, 0.3) is 11.8 Å². The van der Waals surface area contributed by atoms with Crippen LogP contribution in [0.4, 0.5) is 10.5 Å². The predicted molar refractivity (Wildman–Crippen MR) is 119 cm³/mol. The number of rotatable bonds is 3. The maximum Gasteiger partial charge on any atom is 0.319 e. The van der Waals surface area contributed by atoms with Crippen LogP contribution < -0.4 is 10.6 Å². The fourth-order valence-corrected chi connectivity index (χ4v) is 4.47. The SMILES string of the molecule is CC(C)N1C(=O)c2ccc(NC(=O)NC3CCCCCCCCCCC3)cc2C1=O. The van der Waals surface area contributed by atoms with Crippen molar-refractivity contribution >= 4 is 23.5 Å². The van der Waals surface area contributed by atoms with Crippen LogP contribution in [0.3, 0.4) is 0 Å². The normalized spacial score (nSPS) is 19.2. The molecule has 3 rings (SSSR count). The van der Waals surface area contributed by atoms with Gasteiger partial charge in [-0.25, -0.2) is 4.79 Å². The van der Waals surface area contributed by atoms with E-state index in [0.29, 0.717) is 16.8 Å². The zero-order valence-corrected chi connectivity index (χ0v) is 18.3. The summed E-state index contributed by atoms with van der Waals surface area (Å²) in [6, 6.07) is 4.66. The van der Waals surface area contributed by atoms with E-state index in [-0.39, 0.29) is 29.9 Å². The Morgan fingerprint density at radius 3 is 1.97 bits per heavy atom. The maximum atomic E-state index is 12.6. The van der Waals surface area contributed by atoms with Gasteiger partial charge in [-0.3, -0.25) is 14.5 Å². The molecular weight excluding hydrogens is 378 g/mol. The van der Waals surface area contributed by atoms with Gasteiger partial charge < -0.3 is 10.6 Å². The Kier molecular flexibility index (Phi) is 7.88. The average molecular weight is 414 g/mol. The van der Waals surface area contributed by atoms with E-state index in [1.807, 2.05) is 13.8 Å². The second-order valence-corrected chi connectivity index (χ2v) is 8.89. The molecule has 2 aliphatic rings. The van der Waals surface area contributed by atoms with Crippen LogP contribution >= 0.6 is 0 Å². The zero-order chi connectivity index (χ0) is 21.5. The lowest BCUT2D eigenvalue weighted by molar-refractivity contribution is 0.0609. The first-order valence-electron chi connectivity index (χ1n) is 11.6. The first-order valence-corrected chi connectivity index (χ1v) is 11.6. The molecule has 6 heteroatoms. The van der Waals surface area contributed by atoms with Gasteiger partial charge in [-0.15, -0.1) is 0 Å². The molecule has 30 heavy (non-hydrogen) atoms. The molecule has 1 saturated carbocycles. The summed E-state index contributed by atoms with van der Waals surface area (Å²) in [7, 11) is 0. The summed E-state index contributed by atoms with van der Waals surface area (Å²) in [6.07, 6.45) is 13.3. The van der Waals surface area contributed by atoms with Crippen molar-refractivity contribution in [3.8, 4) is 0 Å². The molecule has 1 aliphatic carbocycles. The summed E-state index contributed by atoms with van der Waals surface area (Å²) in [5.41, 5.74) is 1.29. The number of hydrogen-bond donors (Lipinski definition) is 2. The molecule has 0 bridgehead atoms. The summed E-state index contributed by atoms with van der Waals surface area (Å²) in [6.45, 7) is 3.63. The molecule has 0 saturated heterocycles. The van der Waals surface area contributed by atoms with E-state index < -0.39 is 0 Å². The van der Waals surface area contributed by atoms with Crippen molar-refractivity contribution in [2.45, 2.75) is 96.6 Å². The predicted octanol–water partition coefficient (Wildman–Crippen LogP) is 5.49. The van der Waals surface area contributed by atoms with E-state index >= 15 is 0 Å². The Balaban J connectivity index is 1.59. The number of carbonyl (C=O) groups excluding carboxylic acids is 3. The number of urea groups is 1. The number of nitrogens with one attached hydrogen (secondary N) is 2. The van der Waals surface area contributed by atoms with Gasteiger partial charge in [-0.05, 0) is 44.9 Å². The first kappa shape index (κ1) is 22.3. The molecule has 2 N–H and O–H groups in total. The average Bonchev–Trinajstić information content (AvgIpc) is 2.94. The minimum absolute atomic E-state index is 0.179. The maximum absolute atomic E-state index is 12.6. The highest BCUT2D eigenvalue weighted by Crippen LogP contribution is 2.27. The van der Waals surface area contributed by atoms with Crippen molar-refractivity contribution in [3.05, 3.63) is 29.3 Å². The van der Waals surface area contributed by atoms with Crippen LogP contribution in [-0.2, 0) is 0 Å². The van der Waals surface area contributed by atoms with Crippen molar-refractivity contribution in [2.75, 3.05) is 5.32 Å². The van der Waals surface area contributed by atoms with Gasteiger partial charge in [0.15, 0.2) is 0 Å². The molecule has 1 aromatic rings. The lowest BCUT2D eigenvalue weighted by Crippen LogP contribution is -2.38. The highest BCUT2D eigenvalue weighted by Gasteiger charge is 2.37. The standard InChI is InChI=1S/C24H35N3O3/c1-17(2)27-22(28)20-15-14-19(16-21(20)23(27)29)26-24(30)25-18-12-10-8-6-4-3-5-7-9-11-13-18/h14-18H,3-13H2,1-2H3,(H2,25,26,30). The summed E-state index contributed by atoms with van der Waals surface area (Å²) in [5, 5.41) is 5.97. The van der Waals surface area contributed by atoms with Crippen molar-refractivity contribution in [1.82, 2.24) is 10.2 Å². The fraction of sp³-hybridized carbons (Fsp3) is 0.625. The second kappa shape index (κ2) is 10.6. The number of nitrogens with zero attached hydrogens (tertiary/aromatic N) is 1. The van der Waals surface area contributed by atoms with Crippen LogP contribution in [0.15, 0.2) is 18.2 Å². The molecular formula is C24H35N3O3. The highest BCUT2D eigenvalue weighted by molar-refractivity contribution is 6.22. The third kappa shape index (κ3) is 5.61. The fourth-order valence-electron chi connectivity index (χ4n) is 4.47. The Bertz CT molecular complexity index is 763. The summed E-state index contributed by atoms with van der Waals surface area (Å²) < 4.78 is 0. The monoisotopic (exact) mass is 413 g/mol. The topological polar surface area (TPSA) is 78.5 Å². The minimum Gasteiger partial charge on any atom is -0.335 e. The van der Waals surface area contributed by atoms with Crippen LogP contribution in [0.2, 0.25) is 0 Å². The number of carbonyl (C=O) groups is 3. The van der Waals surface area contributed by atoms with E-state index in [2.05, 4.69) is 10.6 Å². The number of benzene rings is 1. The molecule has 0 atom stereocenters. The zero-order valence-electron chi connectivity index (χ0n) is 18.3. The van der Waals surface area contributed by atoms with Crippen molar-refractivity contribution < 1.29 is 14.4 Å². The van der Waals surface area contributed by atoms with Crippen molar-refractivity contribution in [3.63, 3.8) is 0 Å². The Hall–Kier alpha value is -2.37. The quantitative estimate of drug-likeness (QED) is 0.644. The van der Waals surface area contributed by atoms with E-state index in [4.69, 9.17) is 0 Å². The summed E-state index contributed by atoms with van der Waals surface area (Å²) in [4.78, 5) is 38.8. The van der Waals surface area contributed by atoms with Gasteiger partial charge >= 0.3 is 6.03 Å². The number of fused-ring (bicyclic) bond motifs is 1. The molecule has 0 unspecified atom stereocenters. The van der Waals surface area contributed by atoms with E-state index in [1.165, 1.54) is 49.8 Å². The minimum atomic E-state index is -0.298. The summed E-state index contributed by atoms with van der Waals surface area (Å²) in [5.74, 6) is -0.567. The molecule has 164 valence electrons. The highest BCUT2D eigenvalue weighted by atomic mass is 16.2. The number of amides is 4. The second-order valence-electron chi connectivity index (χ2n) is 8.89. The summed E-state index contributed by atoms with van der Waals surface area (Å²) >= 11 is 0. The van der Waals surface area contributed by atoms with Crippen molar-refractivity contribution in [1.29, 1.82) is 0 Å². The van der Waals surface area contributed by atoms with Gasteiger partial charge in [0.2, 0.25) is 0 Å². The van der Waals surface area contributed by atoms with Crippen LogP contribution in [0.5, 0.6) is 0 Å². The molecule has 0 radical (unpaired) electrons. The van der Waals surface area contributed by atoms with Gasteiger partial charge in [-0.1, -0.05) is 57.8 Å². The Labute approximate surface area is 179 Å². The Morgan fingerprint density at radius 1 is 0.867 bits per heavy atom. The van der Waals surface area contributed by atoms with E-state index in [0.717, 1.165) is 25.7 Å². The van der Waals surface area contributed by atoms with Crippen LogP contribution in [0.1, 0.15) is 105 Å². The smallest absolute Gasteiger partial charge is 0.319 e. The van der Waals surface area contributed by atoms with E-state index in [9.17, 15) is 14.4 Å². The van der Waals surface area contributed by atoms with Crippen LogP contribution in [-0.4, -0.2) is 34.8 Å². The Morgan fingerprint density at radius 2 is 1.40 bits per heavy atom. The number of imide groups is 1. The van der Waals surface area contributed by atoms with Crippen LogP contribution in [0.25, 0.3) is 0 Å². The third-order valence-electron chi connectivity index (χ3n) is 6.13. The van der Waals surface area contributed by atoms with Crippen molar-refractivity contribution in [2.24, 2.45) is 0 Å². The molecule has 1 fully saturated rings. The molecule has 0 aromatic heterocycles. The van der Waals surface area contributed by atoms with E-state index in [1.54, 1.807) is 18.2 Å². The molecule has 0 spiro atoms. The third-order valence-corrected chi connectivity index (χ3v) is 6.13. The number of hydrogen-bond acceptors (Lipinski definition) is 3. The van der Waals surface area contributed by atoms with Gasteiger partial charge in [0.05, 0.1) is 11.1 Å². The largest absolute Gasteiger partial charge is 0.335 e. The first-order chi connectivity index (χ1) is 14.5. The van der Waals surface area contributed by atoms with Gasteiger partial charge in [0, 0.05) is 17.8 Å². The molecule has 1 aliphatic heterocycles. The number of anilines is 1. The molecule has 1 heterocycles. The van der Waals surface area contributed by atoms with Gasteiger partial charge in [0.1, 0.15) is 0 Å². The lowest BCUT2D eigenvalue weighted by Gasteiger charge is -2.20. The van der Waals surface area contributed by atoms with Crippen LogP contribution in [0, 0.1) is 0 Å². The molecule has 4 amide bonds. The lowest BCUT2D eigenvalue weighted by atomic mass is 9.98. The van der Waals surface area contributed by atoms with Gasteiger partial charge in [-0.2, -0.15) is 0 Å².